The Kier molecular flexibility index (Phi) is 7.85. The number of anilines is 1. The smallest absolute Gasteiger partial charge is 0.253 e. The van der Waals surface area contributed by atoms with Crippen molar-refractivity contribution in [3.05, 3.63) is 71.4 Å². The fraction of sp³-hybridized carbons (Fsp3) is 0.400. The Hall–Kier alpha value is -3.96. The van der Waals surface area contributed by atoms with E-state index in [0.29, 0.717) is 30.6 Å². The van der Waals surface area contributed by atoms with Crippen molar-refractivity contribution in [2.75, 3.05) is 38.5 Å². The van der Waals surface area contributed by atoms with Crippen LogP contribution < -0.4 is 10.6 Å². The number of rotatable bonds is 7. The van der Waals surface area contributed by atoms with E-state index in [-0.39, 0.29) is 23.9 Å². The summed E-state index contributed by atoms with van der Waals surface area (Å²) in [5.74, 6) is -0.0887. The van der Waals surface area contributed by atoms with E-state index in [9.17, 15) is 14.9 Å². The summed E-state index contributed by atoms with van der Waals surface area (Å²) in [7, 11) is 1.64. The van der Waals surface area contributed by atoms with Crippen molar-refractivity contribution in [2.24, 2.45) is 0 Å². The van der Waals surface area contributed by atoms with Crippen molar-refractivity contribution in [2.45, 2.75) is 44.2 Å². The van der Waals surface area contributed by atoms with Gasteiger partial charge in [-0.3, -0.25) is 19.5 Å². The predicted molar refractivity (Wildman–Crippen MR) is 148 cm³/mol. The van der Waals surface area contributed by atoms with E-state index in [1.165, 1.54) is 5.56 Å². The summed E-state index contributed by atoms with van der Waals surface area (Å²) in [4.78, 5) is 34.2. The Morgan fingerprint density at radius 2 is 1.82 bits per heavy atom. The average Bonchev–Trinajstić information content (AvgIpc) is 3.44. The van der Waals surface area contributed by atoms with Crippen molar-refractivity contribution in [1.82, 2.24) is 20.1 Å². The van der Waals surface area contributed by atoms with E-state index in [1.54, 1.807) is 11.9 Å². The fourth-order valence-corrected chi connectivity index (χ4v) is 5.54. The molecule has 8 heteroatoms. The molecule has 2 saturated heterocycles. The number of piperidine rings is 1. The third-order valence-electron chi connectivity index (χ3n) is 7.64. The van der Waals surface area contributed by atoms with Gasteiger partial charge in [0.1, 0.15) is 6.04 Å². The maximum absolute atomic E-state index is 12.7. The van der Waals surface area contributed by atoms with E-state index >= 15 is 0 Å². The summed E-state index contributed by atoms with van der Waals surface area (Å²) in [5.41, 5.74) is 4.32. The summed E-state index contributed by atoms with van der Waals surface area (Å²) < 4.78 is 0. The number of fused-ring (bicyclic) bond motifs is 1. The minimum atomic E-state index is -0.269. The second-order valence-corrected chi connectivity index (χ2v) is 10.2. The molecule has 8 nitrogen and oxygen atoms in total. The lowest BCUT2D eigenvalue weighted by Crippen LogP contribution is -2.46. The monoisotopic (exact) mass is 510 g/mol. The standard InChI is InChI=1S/C30H34N6O2/c1-32-30(38)26-11-12-27(25-10-9-23(34-29(25)26)18-21-6-3-2-4-7-21)33-22-13-16-35(17-14-22)20-28(37)36-15-5-8-24(36)19-31/h2-4,6-7,9-12,22,24,33H,5,8,13-18,20H2,1H3,(H,32,38)/t24-/m0/s1. The lowest BCUT2D eigenvalue weighted by molar-refractivity contribution is -0.132. The molecule has 0 unspecified atom stereocenters. The first-order valence-corrected chi connectivity index (χ1v) is 13.4. The first kappa shape index (κ1) is 25.7. The van der Waals surface area contributed by atoms with Crippen LogP contribution in [0.1, 0.15) is 47.3 Å². The maximum Gasteiger partial charge on any atom is 0.253 e. The van der Waals surface area contributed by atoms with Crippen LogP contribution in [-0.4, -0.2) is 71.9 Å². The molecule has 0 bridgehead atoms. The summed E-state index contributed by atoms with van der Waals surface area (Å²) >= 11 is 0. The molecule has 2 fully saturated rings. The minimum absolute atomic E-state index is 0.0635. The van der Waals surface area contributed by atoms with Gasteiger partial charge in [-0.15, -0.1) is 0 Å². The molecule has 2 amide bonds. The van der Waals surface area contributed by atoms with Gasteiger partial charge in [-0.2, -0.15) is 5.26 Å². The van der Waals surface area contributed by atoms with Gasteiger partial charge in [0, 0.05) is 55.9 Å². The highest BCUT2D eigenvalue weighted by Crippen LogP contribution is 2.29. The maximum atomic E-state index is 12.7. The van der Waals surface area contributed by atoms with Crippen LogP contribution in [0.5, 0.6) is 0 Å². The molecule has 0 spiro atoms. The molecule has 0 radical (unpaired) electrons. The van der Waals surface area contributed by atoms with Gasteiger partial charge in [-0.25, -0.2) is 0 Å². The number of hydrogen-bond donors (Lipinski definition) is 2. The van der Waals surface area contributed by atoms with Crippen molar-refractivity contribution >= 4 is 28.4 Å². The molecular weight excluding hydrogens is 476 g/mol. The first-order valence-electron chi connectivity index (χ1n) is 13.4. The van der Waals surface area contributed by atoms with Gasteiger partial charge in [0.15, 0.2) is 0 Å². The fourth-order valence-electron chi connectivity index (χ4n) is 5.54. The average molecular weight is 511 g/mol. The topological polar surface area (TPSA) is 101 Å². The van der Waals surface area contributed by atoms with Crippen LogP contribution in [0.3, 0.4) is 0 Å². The van der Waals surface area contributed by atoms with Gasteiger partial charge in [-0.1, -0.05) is 30.3 Å². The van der Waals surface area contributed by atoms with E-state index in [0.717, 1.165) is 55.5 Å². The molecule has 2 aliphatic heterocycles. The van der Waals surface area contributed by atoms with E-state index in [2.05, 4.69) is 39.8 Å². The zero-order valence-corrected chi connectivity index (χ0v) is 21.8. The number of pyridine rings is 1. The van der Waals surface area contributed by atoms with Crippen LogP contribution in [0.15, 0.2) is 54.6 Å². The molecule has 38 heavy (non-hydrogen) atoms. The van der Waals surface area contributed by atoms with Crippen molar-refractivity contribution in [3.8, 4) is 6.07 Å². The number of hydrogen-bond acceptors (Lipinski definition) is 6. The summed E-state index contributed by atoms with van der Waals surface area (Å²) in [6, 6.07) is 20.4. The molecular formula is C30H34N6O2. The number of nitriles is 1. The van der Waals surface area contributed by atoms with E-state index in [4.69, 9.17) is 4.98 Å². The van der Waals surface area contributed by atoms with Crippen LogP contribution in [0, 0.1) is 11.3 Å². The molecule has 2 aliphatic rings. The van der Waals surface area contributed by atoms with E-state index in [1.807, 2.05) is 36.4 Å². The molecule has 3 aromatic rings. The zero-order valence-electron chi connectivity index (χ0n) is 21.8. The Labute approximate surface area is 223 Å². The number of nitrogens with zero attached hydrogens (tertiary/aromatic N) is 4. The number of carbonyl (C=O) groups excluding carboxylic acids is 2. The third kappa shape index (κ3) is 5.63. The molecule has 2 N–H and O–H groups in total. The number of benzene rings is 2. The highest BCUT2D eigenvalue weighted by atomic mass is 16.2. The van der Waals surface area contributed by atoms with Crippen LogP contribution in [0.4, 0.5) is 5.69 Å². The normalized spacial score (nSPS) is 18.3. The summed E-state index contributed by atoms with van der Waals surface area (Å²) in [6.45, 7) is 2.71. The van der Waals surface area contributed by atoms with Gasteiger partial charge in [0.25, 0.3) is 5.91 Å². The molecule has 2 aromatic carbocycles. The van der Waals surface area contributed by atoms with Gasteiger partial charge < -0.3 is 15.5 Å². The van der Waals surface area contributed by atoms with Crippen molar-refractivity contribution in [1.29, 1.82) is 5.26 Å². The van der Waals surface area contributed by atoms with Crippen LogP contribution in [0.25, 0.3) is 10.9 Å². The van der Waals surface area contributed by atoms with Gasteiger partial charge in [0.05, 0.1) is 23.7 Å². The minimum Gasteiger partial charge on any atom is -0.382 e. The molecule has 196 valence electrons. The predicted octanol–water partition coefficient (Wildman–Crippen LogP) is 3.58. The Balaban J connectivity index is 1.28. The van der Waals surface area contributed by atoms with Crippen LogP contribution in [-0.2, 0) is 11.2 Å². The lowest BCUT2D eigenvalue weighted by atomic mass is 10.0. The van der Waals surface area contributed by atoms with Crippen molar-refractivity contribution < 1.29 is 9.59 Å². The largest absolute Gasteiger partial charge is 0.382 e. The molecule has 5 rings (SSSR count). The Morgan fingerprint density at radius 3 is 2.55 bits per heavy atom. The van der Waals surface area contributed by atoms with Crippen LogP contribution in [0.2, 0.25) is 0 Å². The Morgan fingerprint density at radius 1 is 1.03 bits per heavy atom. The first-order chi connectivity index (χ1) is 18.6. The quantitative estimate of drug-likeness (QED) is 0.504. The van der Waals surface area contributed by atoms with Gasteiger partial charge >= 0.3 is 0 Å². The van der Waals surface area contributed by atoms with Crippen molar-refractivity contribution in [3.63, 3.8) is 0 Å². The summed E-state index contributed by atoms with van der Waals surface area (Å²) in [6.07, 6.45) is 4.21. The number of likely N-dealkylation sites (tertiary alicyclic amines) is 2. The van der Waals surface area contributed by atoms with Gasteiger partial charge in [-0.05, 0) is 55.5 Å². The highest BCUT2D eigenvalue weighted by molar-refractivity contribution is 6.08. The second kappa shape index (κ2) is 11.6. The number of carbonyl (C=O) groups is 2. The number of nitrogens with one attached hydrogen (secondary N) is 2. The second-order valence-electron chi connectivity index (χ2n) is 10.2. The Bertz CT molecular complexity index is 1340. The molecule has 0 aliphatic carbocycles. The third-order valence-corrected chi connectivity index (χ3v) is 7.64. The van der Waals surface area contributed by atoms with E-state index < -0.39 is 0 Å². The van der Waals surface area contributed by atoms with Crippen LogP contribution >= 0.6 is 0 Å². The van der Waals surface area contributed by atoms with Gasteiger partial charge in [0.2, 0.25) is 5.91 Å². The zero-order chi connectivity index (χ0) is 26.5. The molecule has 1 atom stereocenters. The number of amides is 2. The summed E-state index contributed by atoms with van der Waals surface area (Å²) in [5, 5.41) is 16.6. The molecule has 0 saturated carbocycles. The SMILES string of the molecule is CNC(=O)c1ccc(NC2CCN(CC(=O)N3CCC[C@H]3C#N)CC2)c2ccc(Cc3ccccc3)nc12. The highest BCUT2D eigenvalue weighted by Gasteiger charge is 2.30. The molecule has 3 heterocycles. The lowest BCUT2D eigenvalue weighted by Gasteiger charge is -2.33. The number of aromatic nitrogens is 1. The molecule has 1 aromatic heterocycles.